The molecular formula is C11H17N. The first-order valence-corrected chi connectivity index (χ1v) is 4.28. The summed E-state index contributed by atoms with van der Waals surface area (Å²) in [7, 11) is 4.21. The van der Waals surface area contributed by atoms with Gasteiger partial charge in [-0.05, 0) is 33.5 Å². The number of nitrogens with zero attached hydrogens (tertiary/aromatic N) is 1. The maximum atomic E-state index is 2.22. The van der Waals surface area contributed by atoms with Crippen molar-refractivity contribution in [1.82, 2.24) is 4.90 Å². The minimum Gasteiger partial charge on any atom is -0.300 e. The molecule has 12 heavy (non-hydrogen) atoms. The molecule has 0 saturated heterocycles. The second-order valence-corrected chi connectivity index (χ2v) is 3.82. The van der Waals surface area contributed by atoms with Crippen molar-refractivity contribution in [2.45, 2.75) is 19.4 Å². The zero-order valence-electron chi connectivity index (χ0n) is 8.33. The Bertz CT molecular complexity index is 236. The molecular weight excluding hydrogens is 146 g/mol. The van der Waals surface area contributed by atoms with Crippen molar-refractivity contribution in [3.63, 3.8) is 0 Å². The molecule has 1 aromatic carbocycles. The van der Waals surface area contributed by atoms with Gasteiger partial charge in [-0.15, -0.1) is 0 Å². The fourth-order valence-corrected chi connectivity index (χ4v) is 1.10. The fraction of sp³-hybridized carbons (Fsp3) is 0.455. The van der Waals surface area contributed by atoms with Gasteiger partial charge in [0.15, 0.2) is 0 Å². The van der Waals surface area contributed by atoms with Crippen molar-refractivity contribution < 1.29 is 0 Å². The molecule has 0 bridgehead atoms. The summed E-state index contributed by atoms with van der Waals surface area (Å²) >= 11 is 0. The Morgan fingerprint density at radius 3 is 1.92 bits per heavy atom. The van der Waals surface area contributed by atoms with E-state index in [2.05, 4.69) is 63.2 Å². The highest BCUT2D eigenvalue weighted by molar-refractivity contribution is 5.22. The van der Waals surface area contributed by atoms with E-state index in [0.717, 1.165) is 0 Å². The van der Waals surface area contributed by atoms with E-state index in [1.54, 1.807) is 0 Å². The van der Waals surface area contributed by atoms with Gasteiger partial charge in [-0.3, -0.25) is 0 Å². The molecule has 1 aromatic rings. The van der Waals surface area contributed by atoms with Gasteiger partial charge in [0.25, 0.3) is 0 Å². The molecule has 66 valence electrons. The lowest BCUT2D eigenvalue weighted by Gasteiger charge is -2.33. The van der Waals surface area contributed by atoms with Crippen LogP contribution in [0.15, 0.2) is 30.3 Å². The van der Waals surface area contributed by atoms with Crippen molar-refractivity contribution in [2.75, 3.05) is 14.1 Å². The van der Waals surface area contributed by atoms with E-state index in [9.17, 15) is 0 Å². The average molecular weight is 163 g/mol. The lowest BCUT2D eigenvalue weighted by Crippen LogP contribution is -2.35. The van der Waals surface area contributed by atoms with Crippen molar-refractivity contribution in [1.29, 1.82) is 0 Å². The molecule has 0 heterocycles. The molecule has 0 radical (unpaired) electrons. The Hall–Kier alpha value is -0.820. The zero-order chi connectivity index (χ0) is 9.19. The minimum absolute atomic E-state index is 0.126. The Labute approximate surface area is 75.0 Å². The SMILES string of the molecule is CN(C)C(C)(C)c1ccccc1. The van der Waals surface area contributed by atoms with Crippen molar-refractivity contribution >= 4 is 0 Å². The number of benzene rings is 1. The van der Waals surface area contributed by atoms with E-state index in [0.29, 0.717) is 0 Å². The predicted octanol–water partition coefficient (Wildman–Crippen LogP) is 2.48. The molecule has 0 saturated carbocycles. The third-order valence-corrected chi connectivity index (χ3v) is 2.60. The van der Waals surface area contributed by atoms with Gasteiger partial charge in [0, 0.05) is 5.54 Å². The summed E-state index contributed by atoms with van der Waals surface area (Å²) in [5.41, 5.74) is 1.48. The van der Waals surface area contributed by atoms with Gasteiger partial charge in [-0.2, -0.15) is 0 Å². The monoisotopic (exact) mass is 163 g/mol. The van der Waals surface area contributed by atoms with Crippen LogP contribution in [0.5, 0.6) is 0 Å². The van der Waals surface area contributed by atoms with E-state index in [4.69, 9.17) is 0 Å². The minimum atomic E-state index is 0.126. The first kappa shape index (κ1) is 9.27. The van der Waals surface area contributed by atoms with Crippen LogP contribution < -0.4 is 0 Å². The van der Waals surface area contributed by atoms with Crippen LogP contribution in [0.25, 0.3) is 0 Å². The highest BCUT2D eigenvalue weighted by atomic mass is 15.1. The summed E-state index contributed by atoms with van der Waals surface area (Å²) in [4.78, 5) is 2.22. The summed E-state index contributed by atoms with van der Waals surface area (Å²) in [6.45, 7) is 4.45. The molecule has 0 aliphatic rings. The highest BCUT2D eigenvalue weighted by Gasteiger charge is 2.21. The first-order chi connectivity index (χ1) is 5.55. The highest BCUT2D eigenvalue weighted by Crippen LogP contribution is 2.24. The van der Waals surface area contributed by atoms with Crippen LogP contribution in [0.2, 0.25) is 0 Å². The second-order valence-electron chi connectivity index (χ2n) is 3.82. The van der Waals surface area contributed by atoms with Gasteiger partial charge in [0.1, 0.15) is 0 Å². The topological polar surface area (TPSA) is 3.24 Å². The number of rotatable bonds is 2. The summed E-state index contributed by atoms with van der Waals surface area (Å²) in [6.07, 6.45) is 0. The van der Waals surface area contributed by atoms with Gasteiger partial charge in [-0.1, -0.05) is 30.3 Å². The molecule has 0 N–H and O–H groups in total. The molecule has 1 heteroatoms. The molecule has 0 unspecified atom stereocenters. The first-order valence-electron chi connectivity index (χ1n) is 4.28. The molecule has 0 aliphatic heterocycles. The summed E-state index contributed by atoms with van der Waals surface area (Å²) in [5, 5.41) is 0. The van der Waals surface area contributed by atoms with E-state index >= 15 is 0 Å². The predicted molar refractivity (Wildman–Crippen MR) is 53.2 cm³/mol. The van der Waals surface area contributed by atoms with Crippen LogP contribution in [0, 0.1) is 0 Å². The second kappa shape index (κ2) is 3.28. The van der Waals surface area contributed by atoms with E-state index in [1.165, 1.54) is 5.56 Å². The Kier molecular flexibility index (Phi) is 2.53. The van der Waals surface area contributed by atoms with E-state index in [-0.39, 0.29) is 5.54 Å². The fourth-order valence-electron chi connectivity index (χ4n) is 1.10. The normalized spacial score (nSPS) is 12.1. The third-order valence-electron chi connectivity index (χ3n) is 2.60. The Morgan fingerprint density at radius 2 is 1.50 bits per heavy atom. The van der Waals surface area contributed by atoms with Gasteiger partial charge < -0.3 is 4.90 Å². The van der Waals surface area contributed by atoms with Crippen LogP contribution in [-0.2, 0) is 5.54 Å². The largest absolute Gasteiger partial charge is 0.300 e. The molecule has 0 aromatic heterocycles. The van der Waals surface area contributed by atoms with Crippen LogP contribution >= 0.6 is 0 Å². The van der Waals surface area contributed by atoms with Gasteiger partial charge in [0.2, 0.25) is 0 Å². The number of hydrogen-bond donors (Lipinski definition) is 0. The van der Waals surface area contributed by atoms with Crippen LogP contribution in [0.4, 0.5) is 0 Å². The standard InChI is InChI=1S/C11H17N/c1-11(2,12(3)4)10-8-6-5-7-9-10/h5-9H,1-4H3. The maximum Gasteiger partial charge on any atom is 0.0398 e. The Morgan fingerprint density at radius 1 is 1.00 bits per heavy atom. The molecule has 0 aliphatic carbocycles. The van der Waals surface area contributed by atoms with Crippen LogP contribution in [0.1, 0.15) is 19.4 Å². The van der Waals surface area contributed by atoms with E-state index in [1.807, 2.05) is 0 Å². The third kappa shape index (κ3) is 1.67. The quantitative estimate of drug-likeness (QED) is 0.647. The molecule has 1 rings (SSSR count). The van der Waals surface area contributed by atoms with Crippen LogP contribution in [-0.4, -0.2) is 19.0 Å². The maximum absolute atomic E-state index is 2.22. The lowest BCUT2D eigenvalue weighted by atomic mass is 9.93. The number of hydrogen-bond acceptors (Lipinski definition) is 1. The van der Waals surface area contributed by atoms with E-state index < -0.39 is 0 Å². The molecule has 0 amide bonds. The zero-order valence-corrected chi connectivity index (χ0v) is 8.33. The van der Waals surface area contributed by atoms with Crippen molar-refractivity contribution in [3.8, 4) is 0 Å². The van der Waals surface area contributed by atoms with Gasteiger partial charge in [0.05, 0.1) is 0 Å². The summed E-state index contributed by atoms with van der Waals surface area (Å²) in [5.74, 6) is 0. The smallest absolute Gasteiger partial charge is 0.0398 e. The molecule has 1 nitrogen and oxygen atoms in total. The summed E-state index contributed by atoms with van der Waals surface area (Å²) < 4.78 is 0. The molecule has 0 fully saturated rings. The van der Waals surface area contributed by atoms with Gasteiger partial charge in [-0.25, -0.2) is 0 Å². The van der Waals surface area contributed by atoms with Crippen LogP contribution in [0.3, 0.4) is 0 Å². The molecule has 0 atom stereocenters. The van der Waals surface area contributed by atoms with Crippen molar-refractivity contribution in [3.05, 3.63) is 35.9 Å². The molecule has 0 spiro atoms. The van der Waals surface area contributed by atoms with Gasteiger partial charge >= 0.3 is 0 Å². The van der Waals surface area contributed by atoms with Crippen molar-refractivity contribution in [2.24, 2.45) is 0 Å². The average Bonchev–Trinajstić information content (AvgIpc) is 2.06. The summed E-state index contributed by atoms with van der Waals surface area (Å²) in [6, 6.07) is 10.6. The Balaban J connectivity index is 2.98. The lowest BCUT2D eigenvalue weighted by molar-refractivity contribution is 0.198.